The summed E-state index contributed by atoms with van der Waals surface area (Å²) in [6.07, 6.45) is 0.153. The van der Waals surface area contributed by atoms with Gasteiger partial charge in [0.05, 0.1) is 14.2 Å². The predicted octanol–water partition coefficient (Wildman–Crippen LogP) is -0.132. The Labute approximate surface area is 53.8 Å². The van der Waals surface area contributed by atoms with Crippen LogP contribution in [-0.4, -0.2) is 33.8 Å². The molecule has 52 valence electrons. The quantitative estimate of drug-likeness (QED) is 0.172. The zero-order valence-electron chi connectivity index (χ0n) is 5.46. The second-order valence-electron chi connectivity index (χ2n) is 1.13. The van der Waals surface area contributed by atoms with Crippen LogP contribution in [-0.2, 0) is 13.9 Å². The molecule has 0 aromatic rings. The van der Waals surface area contributed by atoms with Crippen LogP contribution in [0.4, 0.5) is 0 Å². The van der Waals surface area contributed by atoms with E-state index in [9.17, 15) is 0 Å². The van der Waals surface area contributed by atoms with Crippen molar-refractivity contribution in [2.75, 3.05) is 21.0 Å². The molecular formula is C5H9NO3. The summed E-state index contributed by atoms with van der Waals surface area (Å²) in [5.41, 5.74) is 0. The third-order valence-corrected chi connectivity index (χ3v) is 0.617. The Morgan fingerprint density at radius 2 is 2.11 bits per heavy atom. The zero-order chi connectivity index (χ0) is 7.11. The van der Waals surface area contributed by atoms with Crippen LogP contribution < -0.4 is 0 Å². The van der Waals surface area contributed by atoms with Crippen LogP contribution in [0.25, 0.3) is 0 Å². The standard InChI is InChI=1S/C5H9NO3/c1-7-4-6-5(8-2)9-3/h1H,4H2,2-3H3. The number of methoxy groups -OCH3 is 2. The van der Waals surface area contributed by atoms with Crippen LogP contribution in [0.2, 0.25) is 0 Å². The first-order valence-corrected chi connectivity index (χ1v) is 2.29. The van der Waals surface area contributed by atoms with Crippen LogP contribution >= 0.6 is 0 Å². The van der Waals surface area contributed by atoms with Gasteiger partial charge in [0.15, 0.2) is 0 Å². The average Bonchev–Trinajstić information content (AvgIpc) is 1.91. The van der Waals surface area contributed by atoms with Crippen molar-refractivity contribution >= 4 is 12.9 Å². The highest BCUT2D eigenvalue weighted by Gasteiger charge is 1.92. The van der Waals surface area contributed by atoms with Gasteiger partial charge in [-0.3, -0.25) is 0 Å². The Balaban J connectivity index is 3.60. The van der Waals surface area contributed by atoms with Gasteiger partial charge in [-0.05, 0) is 6.79 Å². The summed E-state index contributed by atoms with van der Waals surface area (Å²) in [5, 5.41) is 0. The van der Waals surface area contributed by atoms with Gasteiger partial charge in [-0.15, -0.1) is 4.99 Å². The van der Waals surface area contributed by atoms with E-state index in [2.05, 4.69) is 25.7 Å². The van der Waals surface area contributed by atoms with Crippen LogP contribution in [0, 0.1) is 0 Å². The maximum Gasteiger partial charge on any atom is 0.390 e. The molecule has 4 heteroatoms. The van der Waals surface area contributed by atoms with Gasteiger partial charge in [0.2, 0.25) is 0 Å². The average molecular weight is 131 g/mol. The Morgan fingerprint density at radius 3 is 2.44 bits per heavy atom. The Hall–Kier alpha value is -1.06. The molecule has 9 heavy (non-hydrogen) atoms. The Morgan fingerprint density at radius 1 is 1.56 bits per heavy atom. The lowest BCUT2D eigenvalue weighted by molar-refractivity contribution is 0.116. The number of hydrogen-bond donors (Lipinski definition) is 0. The summed E-state index contributed by atoms with van der Waals surface area (Å²) in [6, 6.07) is 0. The third-order valence-electron chi connectivity index (χ3n) is 0.617. The fraction of sp³-hybridized carbons (Fsp3) is 0.600. The summed E-state index contributed by atoms with van der Waals surface area (Å²) < 4.78 is 13.3. The first kappa shape index (κ1) is 7.94. The van der Waals surface area contributed by atoms with E-state index in [0.717, 1.165) is 0 Å². The maximum absolute atomic E-state index is 4.67. The van der Waals surface area contributed by atoms with Crippen molar-refractivity contribution in [1.29, 1.82) is 0 Å². The van der Waals surface area contributed by atoms with Crippen molar-refractivity contribution in [3.8, 4) is 0 Å². The molecule has 0 spiro atoms. The number of nitrogens with zero attached hydrogens (tertiary/aromatic N) is 1. The fourth-order valence-corrected chi connectivity index (χ4v) is 0.302. The van der Waals surface area contributed by atoms with Gasteiger partial charge in [0, 0.05) is 0 Å². The molecule has 0 aromatic carbocycles. The molecule has 0 rings (SSSR count). The van der Waals surface area contributed by atoms with E-state index in [1.165, 1.54) is 14.2 Å². The number of aliphatic imine (C=N–C) groups is 1. The number of ether oxygens (including phenoxy) is 2. The molecule has 0 fully saturated rings. The monoisotopic (exact) mass is 131 g/mol. The van der Waals surface area contributed by atoms with E-state index < -0.39 is 0 Å². The first-order chi connectivity index (χ1) is 4.35. The molecule has 0 unspecified atom stereocenters. The smallest absolute Gasteiger partial charge is 0.390 e. The number of rotatable bonds is 2. The molecule has 0 atom stereocenters. The van der Waals surface area contributed by atoms with Crippen molar-refractivity contribution in [2.24, 2.45) is 4.99 Å². The molecule has 0 saturated carbocycles. The minimum Gasteiger partial charge on any atom is -0.454 e. The Kier molecular flexibility index (Phi) is 4.49. The fourth-order valence-electron chi connectivity index (χ4n) is 0.302. The van der Waals surface area contributed by atoms with Crippen molar-refractivity contribution in [3.05, 3.63) is 0 Å². The molecule has 0 aliphatic heterocycles. The molecular weight excluding hydrogens is 122 g/mol. The molecule has 0 heterocycles. The second-order valence-corrected chi connectivity index (χ2v) is 1.13. The first-order valence-electron chi connectivity index (χ1n) is 2.29. The summed E-state index contributed by atoms with van der Waals surface area (Å²) in [7, 11) is 2.89. The van der Waals surface area contributed by atoms with Gasteiger partial charge < -0.3 is 13.9 Å². The van der Waals surface area contributed by atoms with Crippen LogP contribution in [0.15, 0.2) is 4.99 Å². The van der Waals surface area contributed by atoms with Crippen LogP contribution in [0.5, 0.6) is 0 Å². The molecule has 0 radical (unpaired) electrons. The summed E-state index contributed by atoms with van der Waals surface area (Å²) >= 11 is 0. The van der Waals surface area contributed by atoms with E-state index in [0.29, 0.717) is 0 Å². The van der Waals surface area contributed by atoms with E-state index in [-0.39, 0.29) is 12.8 Å². The molecule has 0 amide bonds. The van der Waals surface area contributed by atoms with Gasteiger partial charge in [-0.25, -0.2) is 0 Å². The van der Waals surface area contributed by atoms with E-state index in [1.807, 2.05) is 0 Å². The summed E-state index contributed by atoms with van der Waals surface area (Å²) in [4.78, 5) is 3.60. The highest BCUT2D eigenvalue weighted by molar-refractivity contribution is 5.66. The topological polar surface area (TPSA) is 42.1 Å². The van der Waals surface area contributed by atoms with Crippen molar-refractivity contribution in [3.63, 3.8) is 0 Å². The van der Waals surface area contributed by atoms with Gasteiger partial charge in [-0.2, -0.15) is 0 Å². The number of hydrogen-bond acceptors (Lipinski definition) is 3. The van der Waals surface area contributed by atoms with E-state index in [1.54, 1.807) is 0 Å². The largest absolute Gasteiger partial charge is 0.454 e. The molecule has 0 N–H and O–H groups in total. The molecule has 4 nitrogen and oxygen atoms in total. The van der Waals surface area contributed by atoms with Crippen LogP contribution in [0.1, 0.15) is 0 Å². The second kappa shape index (κ2) is 5.08. The molecule has 0 saturated heterocycles. The summed E-state index contributed by atoms with van der Waals surface area (Å²) in [6.45, 7) is 4.71. The lowest BCUT2D eigenvalue weighted by Gasteiger charge is -1.97. The zero-order valence-corrected chi connectivity index (χ0v) is 5.46. The maximum atomic E-state index is 4.67. The van der Waals surface area contributed by atoms with Crippen molar-refractivity contribution < 1.29 is 13.9 Å². The van der Waals surface area contributed by atoms with E-state index >= 15 is 0 Å². The normalized spacial score (nSPS) is 7.78. The number of carbonyl (C=O) groups excluding carboxylic acids is 1. The molecule has 0 aliphatic rings. The lowest BCUT2D eigenvalue weighted by Crippen LogP contribution is -2.04. The third kappa shape index (κ3) is 3.52. The Bertz CT molecular complexity index is 105. The molecule has 0 bridgehead atoms. The summed E-state index contributed by atoms with van der Waals surface area (Å²) in [5.74, 6) is 0. The van der Waals surface area contributed by atoms with Gasteiger partial charge in [0.25, 0.3) is 0 Å². The predicted molar refractivity (Wildman–Crippen MR) is 33.1 cm³/mol. The highest BCUT2D eigenvalue weighted by atomic mass is 16.7. The highest BCUT2D eigenvalue weighted by Crippen LogP contribution is 1.79. The van der Waals surface area contributed by atoms with Gasteiger partial charge >= 0.3 is 12.8 Å². The molecule has 0 aliphatic carbocycles. The van der Waals surface area contributed by atoms with E-state index in [4.69, 9.17) is 0 Å². The minimum absolute atomic E-state index is 0.0387. The minimum atomic E-state index is 0.0387. The van der Waals surface area contributed by atoms with Gasteiger partial charge in [0.1, 0.15) is 0 Å². The van der Waals surface area contributed by atoms with Crippen LogP contribution in [0.3, 0.4) is 0 Å². The lowest BCUT2D eigenvalue weighted by atomic mass is 11.1. The molecule has 0 aromatic heterocycles. The van der Waals surface area contributed by atoms with Crippen molar-refractivity contribution in [1.82, 2.24) is 0 Å². The SMILES string of the molecule is [CH-]=[O+]CN=C(OC)OC. The van der Waals surface area contributed by atoms with Gasteiger partial charge in [-0.1, -0.05) is 0 Å². The van der Waals surface area contributed by atoms with Crippen molar-refractivity contribution in [2.45, 2.75) is 0 Å².